The van der Waals surface area contributed by atoms with Gasteiger partial charge in [-0.2, -0.15) is 0 Å². The van der Waals surface area contributed by atoms with Gasteiger partial charge in [-0.3, -0.25) is 0 Å². The van der Waals surface area contributed by atoms with Gasteiger partial charge in [-0.25, -0.2) is 0 Å². The second kappa shape index (κ2) is 9.26. The van der Waals surface area contributed by atoms with Gasteiger partial charge in [-0.1, -0.05) is 0 Å². The Morgan fingerprint density at radius 3 is 1.71 bits per heavy atom. The summed E-state index contributed by atoms with van der Waals surface area (Å²) in [6.45, 7) is 0. The van der Waals surface area contributed by atoms with Gasteiger partial charge < -0.3 is 5.11 Å². The van der Waals surface area contributed by atoms with Gasteiger partial charge in [0, 0.05) is 0 Å². The molecule has 0 aromatic heterocycles. The quantitative estimate of drug-likeness (QED) is 0.412. The van der Waals surface area contributed by atoms with E-state index in [0.29, 0.717) is 17.9 Å². The van der Waals surface area contributed by atoms with Crippen LogP contribution >= 0.6 is 0 Å². The van der Waals surface area contributed by atoms with Crippen LogP contribution in [0.2, 0.25) is 29.6 Å². The summed E-state index contributed by atoms with van der Waals surface area (Å²) >= 11 is -5.15. The topological polar surface area (TPSA) is 70.0 Å². The third kappa shape index (κ3) is 6.55. The molecule has 7 heteroatoms. The Balaban J connectivity index is 2.19. The number of rotatable bonds is 8. The van der Waals surface area contributed by atoms with Crippen LogP contribution in [0.3, 0.4) is 0 Å². The zero-order valence-electron chi connectivity index (χ0n) is 17.6. The summed E-state index contributed by atoms with van der Waals surface area (Å²) in [6, 6.07) is 13.7. The molecule has 0 saturated heterocycles. The first-order chi connectivity index (χ1) is 12.9. The van der Waals surface area contributed by atoms with Crippen molar-refractivity contribution in [2.75, 3.05) is 0 Å². The van der Waals surface area contributed by atoms with Gasteiger partial charge in [-0.15, -0.1) is 0 Å². The molecule has 0 fully saturated rings. The van der Waals surface area contributed by atoms with Crippen LogP contribution < -0.4 is 4.74 Å². The van der Waals surface area contributed by atoms with E-state index in [2.05, 4.69) is 31.0 Å². The van der Waals surface area contributed by atoms with Crippen LogP contribution in [-0.4, -0.2) is 60.9 Å². The molecule has 2 aromatic rings. The molecule has 28 heavy (non-hydrogen) atoms. The Morgan fingerprint density at radius 2 is 1.32 bits per heavy atom. The summed E-state index contributed by atoms with van der Waals surface area (Å²) in [7, 11) is 0. The molecule has 0 aliphatic rings. The van der Waals surface area contributed by atoms with E-state index in [9.17, 15) is 15.0 Å². The number of benzene rings is 2. The number of phenolic OH excluding ortho intramolecular Hbond substituents is 1. The molecular weight excluding hydrogens is 568 g/mol. The van der Waals surface area contributed by atoms with E-state index < -0.39 is 49.3 Å². The standard InChI is InChI=1S/C15H13NO4.6CH3.2Sn/c16-14(15(18)19)9-10-1-5-12(6-2-10)20-13-7-3-11(17)4-8-13;;;;;;;;/h1-8,14,17H,9H2,(H,18,19);6*1H3;;/t14-;;;;;;;;/m0......../s1. The van der Waals surface area contributed by atoms with Crippen molar-refractivity contribution in [2.45, 2.75) is 42.1 Å². The maximum atomic E-state index is 12.2. The number of carboxylic acids is 1. The van der Waals surface area contributed by atoms with Crippen LogP contribution in [0.25, 0.3) is 0 Å². The van der Waals surface area contributed by atoms with Gasteiger partial charge in [0.15, 0.2) is 0 Å². The number of carbonyl (C=O) groups is 1. The Bertz CT molecular complexity index is 779. The molecular formula is C21H31NO4Sn2. The molecule has 152 valence electrons. The third-order valence-corrected chi connectivity index (χ3v) is 40.2. The van der Waals surface area contributed by atoms with Gasteiger partial charge in [0.05, 0.1) is 0 Å². The van der Waals surface area contributed by atoms with Gasteiger partial charge in [0.1, 0.15) is 0 Å². The third-order valence-electron chi connectivity index (χ3n) is 4.47. The molecule has 0 heterocycles. The molecule has 5 nitrogen and oxygen atoms in total. The molecule has 2 rings (SSSR count). The van der Waals surface area contributed by atoms with Crippen LogP contribution in [0.4, 0.5) is 0 Å². The van der Waals surface area contributed by atoms with Crippen molar-refractivity contribution in [3.8, 4) is 17.2 Å². The molecule has 1 atom stereocenters. The van der Waals surface area contributed by atoms with E-state index in [4.69, 9.17) is 4.74 Å². The fourth-order valence-electron chi connectivity index (χ4n) is 3.80. The molecule has 0 bridgehead atoms. The van der Waals surface area contributed by atoms with Gasteiger partial charge in [-0.05, 0) is 0 Å². The SMILES string of the molecule is [CH3][Sn]([CH3])([CH3])[N]([C@@H](Cc1ccc(Oc2ccc(O)cc2)cc1)C(=O)O)[Sn]([CH3])([CH3])[CH3]. The van der Waals surface area contributed by atoms with Crippen molar-refractivity contribution in [1.82, 2.24) is 1.34 Å². The van der Waals surface area contributed by atoms with Crippen LogP contribution in [-0.2, 0) is 11.2 Å². The zero-order chi connectivity index (χ0) is 21.1. The van der Waals surface area contributed by atoms with Crippen LogP contribution in [0.15, 0.2) is 48.5 Å². The number of phenols is 1. The first-order valence-corrected chi connectivity index (χ1v) is 29.1. The Morgan fingerprint density at radius 1 is 0.893 bits per heavy atom. The number of aromatic hydroxyl groups is 1. The fourth-order valence-corrected chi connectivity index (χ4v) is 54.6. The predicted octanol–water partition coefficient (Wildman–Crippen LogP) is 5.15. The number of hydrogen-bond acceptors (Lipinski definition) is 4. The molecule has 0 saturated carbocycles. The normalized spacial score (nSPS) is 13.4. The van der Waals surface area contributed by atoms with E-state index in [1.165, 1.54) is 0 Å². The Labute approximate surface area is 176 Å². The van der Waals surface area contributed by atoms with Gasteiger partial charge in [0.25, 0.3) is 0 Å². The Hall–Kier alpha value is -0.933. The summed E-state index contributed by atoms with van der Waals surface area (Å²) in [4.78, 5) is 26.0. The second-order valence-corrected chi connectivity index (χ2v) is 40.2. The minimum absolute atomic E-state index is 0.195. The van der Waals surface area contributed by atoms with Crippen LogP contribution in [0, 0.1) is 0 Å². The molecule has 0 aliphatic carbocycles. The molecule has 0 radical (unpaired) electrons. The minimum atomic E-state index is -2.57. The first-order valence-electron chi connectivity index (χ1n) is 9.46. The molecule has 0 unspecified atom stereocenters. The van der Waals surface area contributed by atoms with Crippen molar-refractivity contribution in [3.05, 3.63) is 54.1 Å². The van der Waals surface area contributed by atoms with Crippen molar-refractivity contribution in [3.63, 3.8) is 0 Å². The summed E-state index contributed by atoms with van der Waals surface area (Å²) in [5.41, 5.74) is 1.00. The number of hydrogen-bond donors (Lipinski definition) is 2. The average Bonchev–Trinajstić information content (AvgIpc) is 2.55. The van der Waals surface area contributed by atoms with Gasteiger partial charge in [0.2, 0.25) is 0 Å². The molecule has 2 N–H and O–H groups in total. The van der Waals surface area contributed by atoms with E-state index in [1.54, 1.807) is 24.3 Å². The number of carboxylic acid groups (broad SMARTS) is 1. The Kier molecular flexibility index (Phi) is 7.72. The zero-order valence-corrected chi connectivity index (χ0v) is 23.3. The summed E-state index contributed by atoms with van der Waals surface area (Å²) in [6.07, 6.45) is 0.511. The van der Waals surface area contributed by atoms with E-state index in [-0.39, 0.29) is 5.75 Å². The summed E-state index contributed by atoms with van der Waals surface area (Å²) in [5, 5.41) is 19.3. The number of ether oxygens (including phenoxy) is 1. The summed E-state index contributed by atoms with van der Waals surface area (Å²) in [5.74, 6) is 0.801. The van der Waals surface area contributed by atoms with Crippen molar-refractivity contribution >= 4 is 43.3 Å². The fraction of sp³-hybridized carbons (Fsp3) is 0.381. The van der Waals surface area contributed by atoms with Crippen molar-refractivity contribution < 1.29 is 19.7 Å². The van der Waals surface area contributed by atoms with E-state index in [0.717, 1.165) is 5.56 Å². The maximum absolute atomic E-state index is 12.2. The van der Waals surface area contributed by atoms with Gasteiger partial charge >= 0.3 is 173 Å². The second-order valence-electron chi connectivity index (χ2n) is 9.01. The summed E-state index contributed by atoms with van der Waals surface area (Å²) < 4.78 is 8.26. The first kappa shape index (κ1) is 23.3. The molecule has 2 aromatic carbocycles. The number of aliphatic carboxylic acids is 1. The van der Waals surface area contributed by atoms with Crippen LogP contribution in [0.1, 0.15) is 5.56 Å². The van der Waals surface area contributed by atoms with Crippen molar-refractivity contribution in [2.24, 2.45) is 0 Å². The van der Waals surface area contributed by atoms with E-state index >= 15 is 0 Å². The monoisotopic (exact) mass is 601 g/mol. The average molecular weight is 599 g/mol. The van der Waals surface area contributed by atoms with Crippen molar-refractivity contribution in [1.29, 1.82) is 0 Å². The van der Waals surface area contributed by atoms with E-state index in [1.807, 2.05) is 24.3 Å². The predicted molar refractivity (Wildman–Crippen MR) is 118 cm³/mol. The molecule has 0 spiro atoms. The molecule has 0 aliphatic heterocycles. The number of nitrogens with zero attached hydrogens (tertiary/aromatic N) is 1. The van der Waals surface area contributed by atoms with Crippen LogP contribution in [0.5, 0.6) is 17.2 Å². The molecule has 0 amide bonds.